The van der Waals surface area contributed by atoms with Crippen molar-refractivity contribution in [2.24, 2.45) is 34.5 Å². The van der Waals surface area contributed by atoms with Crippen molar-refractivity contribution in [2.45, 2.75) is 128 Å². The molecule has 10 heteroatoms. The van der Waals surface area contributed by atoms with Crippen LogP contribution in [0.15, 0.2) is 11.6 Å². The number of aliphatic hydroxyl groups excluding tert-OH is 2. The third kappa shape index (κ3) is 4.50. The van der Waals surface area contributed by atoms with E-state index in [2.05, 4.69) is 13.8 Å². The highest BCUT2D eigenvalue weighted by atomic mass is 16.7. The van der Waals surface area contributed by atoms with Crippen LogP contribution >= 0.6 is 0 Å². The molecule has 4 saturated carbocycles. The van der Waals surface area contributed by atoms with Crippen molar-refractivity contribution in [2.75, 3.05) is 13.7 Å². The number of cyclic esters (lactones) is 1. The van der Waals surface area contributed by atoms with Gasteiger partial charge < -0.3 is 39.0 Å². The predicted molar refractivity (Wildman–Crippen MR) is 149 cm³/mol. The highest BCUT2D eigenvalue weighted by Crippen LogP contribution is 2.70. The SMILES string of the molecule is CO[C@H]1[C@@H](O)[C@H](OC2CC3CC[C@@H]4[C@H](CC[C@]5(C)[C@@H](C6=CC(=O)OC6)CC[C@]45O)[C@@]3(C)C(OC(C)=O)C2)O[C@@H](C)[C@H]1O. The minimum absolute atomic E-state index is 0.0601. The maximum Gasteiger partial charge on any atom is 0.331 e. The lowest BCUT2D eigenvalue weighted by Gasteiger charge is -2.65. The third-order valence-corrected chi connectivity index (χ3v) is 12.7. The van der Waals surface area contributed by atoms with Crippen molar-refractivity contribution >= 4 is 11.9 Å². The van der Waals surface area contributed by atoms with Crippen LogP contribution in [0.2, 0.25) is 0 Å². The molecule has 6 aliphatic rings. The van der Waals surface area contributed by atoms with Gasteiger partial charge in [0.05, 0.1) is 17.8 Å². The Balaban J connectivity index is 1.24. The number of hydrogen-bond acceptors (Lipinski definition) is 10. The van der Waals surface area contributed by atoms with E-state index in [1.807, 2.05) is 0 Å². The van der Waals surface area contributed by atoms with Crippen LogP contribution in [0.25, 0.3) is 0 Å². The standard InChI is InChI=1S/C32H48O10/c1-16-26(35)28(38-5)27(36)29(40-16)42-20-13-19-6-7-23-22(31(19,4)24(14-20)41-17(2)33)8-10-30(3)21(9-11-32(23,30)37)18-12-25(34)39-15-18/h12,16,19-24,26-29,35-37H,6-11,13-15H2,1-5H3/t16-,19?,20?,21+,22-,23+,24?,26+,27+,28+,29-,30+,31-,32-/m0/s1. The first-order chi connectivity index (χ1) is 19.8. The van der Waals surface area contributed by atoms with Crippen LogP contribution in [0.5, 0.6) is 0 Å². The number of carbonyl (C=O) groups is 2. The predicted octanol–water partition coefficient (Wildman–Crippen LogP) is 2.65. The zero-order valence-electron chi connectivity index (χ0n) is 25.5. The number of esters is 2. The summed E-state index contributed by atoms with van der Waals surface area (Å²) in [5, 5.41) is 33.8. The molecule has 4 aliphatic carbocycles. The normalized spacial score (nSPS) is 52.0. The first-order valence-electron chi connectivity index (χ1n) is 15.8. The molecular weight excluding hydrogens is 544 g/mol. The monoisotopic (exact) mass is 592 g/mol. The second-order valence-electron chi connectivity index (χ2n) is 14.4. The molecule has 3 unspecified atom stereocenters. The molecule has 3 N–H and O–H groups in total. The van der Waals surface area contributed by atoms with E-state index in [0.717, 1.165) is 44.1 Å². The lowest BCUT2D eigenvalue weighted by Crippen LogP contribution is -2.66. The molecule has 0 aromatic rings. The van der Waals surface area contributed by atoms with Crippen LogP contribution in [0.4, 0.5) is 0 Å². The first kappa shape index (κ1) is 30.5. The Morgan fingerprint density at radius 2 is 1.81 bits per heavy atom. The van der Waals surface area contributed by atoms with Crippen molar-refractivity contribution < 1.29 is 48.6 Å². The van der Waals surface area contributed by atoms with Crippen molar-refractivity contribution in [3.8, 4) is 0 Å². The van der Waals surface area contributed by atoms with Crippen LogP contribution in [0.1, 0.15) is 79.1 Å². The van der Waals surface area contributed by atoms with E-state index in [9.17, 15) is 24.9 Å². The summed E-state index contributed by atoms with van der Waals surface area (Å²) in [7, 11) is 1.45. The second-order valence-corrected chi connectivity index (χ2v) is 14.4. The summed E-state index contributed by atoms with van der Waals surface area (Å²) in [6, 6.07) is 0. The maximum absolute atomic E-state index is 12.6. The van der Waals surface area contributed by atoms with Gasteiger partial charge in [-0.1, -0.05) is 13.8 Å². The van der Waals surface area contributed by atoms with Crippen molar-refractivity contribution in [3.05, 3.63) is 11.6 Å². The summed E-state index contributed by atoms with van der Waals surface area (Å²) < 4.78 is 28.9. The molecular formula is C32H48O10. The number of aliphatic hydroxyl groups is 3. The van der Waals surface area contributed by atoms with Crippen LogP contribution in [-0.2, 0) is 33.3 Å². The van der Waals surface area contributed by atoms with E-state index in [0.29, 0.717) is 19.4 Å². The fourth-order valence-corrected chi connectivity index (χ4v) is 10.5. The molecule has 0 radical (unpaired) electrons. The van der Waals surface area contributed by atoms with Crippen molar-refractivity contribution in [1.29, 1.82) is 0 Å². The highest BCUT2D eigenvalue weighted by Gasteiger charge is 2.69. The summed E-state index contributed by atoms with van der Waals surface area (Å²) in [6.45, 7) is 7.93. The van der Waals surface area contributed by atoms with Gasteiger partial charge in [0.15, 0.2) is 6.29 Å². The van der Waals surface area contributed by atoms with Crippen LogP contribution in [-0.4, -0.2) is 89.5 Å². The van der Waals surface area contributed by atoms with Gasteiger partial charge in [0.25, 0.3) is 0 Å². The van der Waals surface area contributed by atoms with Gasteiger partial charge in [0.2, 0.25) is 0 Å². The Morgan fingerprint density at radius 3 is 2.48 bits per heavy atom. The summed E-state index contributed by atoms with van der Waals surface area (Å²) in [6.07, 6.45) is 2.58. The Hall–Kier alpha value is -1.56. The van der Waals surface area contributed by atoms with E-state index in [-0.39, 0.29) is 52.5 Å². The van der Waals surface area contributed by atoms with Gasteiger partial charge in [0.1, 0.15) is 31.0 Å². The van der Waals surface area contributed by atoms with E-state index >= 15 is 0 Å². The summed E-state index contributed by atoms with van der Waals surface area (Å²) in [5.74, 6) is -0.0945. The molecule has 10 nitrogen and oxygen atoms in total. The number of methoxy groups -OCH3 is 1. The summed E-state index contributed by atoms with van der Waals surface area (Å²) in [4.78, 5) is 24.3. The van der Waals surface area contributed by atoms with Gasteiger partial charge in [-0.15, -0.1) is 0 Å². The average Bonchev–Trinajstić information content (AvgIpc) is 3.47. The number of ether oxygens (including phenoxy) is 5. The Kier molecular flexibility index (Phi) is 7.84. The molecule has 2 heterocycles. The largest absolute Gasteiger partial charge is 0.462 e. The molecule has 236 valence electrons. The third-order valence-electron chi connectivity index (χ3n) is 12.7. The molecule has 0 spiro atoms. The molecule has 42 heavy (non-hydrogen) atoms. The molecule has 5 fully saturated rings. The minimum atomic E-state index is -1.16. The van der Waals surface area contributed by atoms with Crippen molar-refractivity contribution in [1.82, 2.24) is 0 Å². The topological polar surface area (TPSA) is 141 Å². The van der Waals surface area contributed by atoms with E-state index in [1.165, 1.54) is 14.0 Å². The first-order valence-corrected chi connectivity index (χ1v) is 15.8. The van der Waals surface area contributed by atoms with Gasteiger partial charge >= 0.3 is 11.9 Å². The van der Waals surface area contributed by atoms with E-state index < -0.39 is 42.4 Å². The molecule has 0 bridgehead atoms. The molecule has 6 rings (SSSR count). The van der Waals surface area contributed by atoms with Gasteiger partial charge in [0, 0.05) is 37.4 Å². The number of carbonyl (C=O) groups excluding carboxylic acids is 2. The van der Waals surface area contributed by atoms with Gasteiger partial charge in [-0.3, -0.25) is 4.79 Å². The second kappa shape index (κ2) is 10.8. The van der Waals surface area contributed by atoms with Gasteiger partial charge in [-0.05, 0) is 81.1 Å². The van der Waals surface area contributed by atoms with Crippen molar-refractivity contribution in [3.63, 3.8) is 0 Å². The number of hydrogen-bond donors (Lipinski definition) is 3. The molecule has 0 aromatic heterocycles. The lowest BCUT2D eigenvalue weighted by molar-refractivity contribution is -0.318. The lowest BCUT2D eigenvalue weighted by atomic mass is 9.42. The Bertz CT molecular complexity index is 1110. The molecule has 2 aliphatic heterocycles. The van der Waals surface area contributed by atoms with E-state index in [1.54, 1.807) is 13.0 Å². The molecule has 0 amide bonds. The smallest absolute Gasteiger partial charge is 0.331 e. The fourth-order valence-electron chi connectivity index (χ4n) is 10.5. The molecule has 1 saturated heterocycles. The number of rotatable bonds is 5. The van der Waals surface area contributed by atoms with Crippen LogP contribution in [0, 0.1) is 34.5 Å². The summed E-state index contributed by atoms with van der Waals surface area (Å²) in [5.41, 5.74) is -0.555. The zero-order valence-corrected chi connectivity index (χ0v) is 25.5. The maximum atomic E-state index is 12.6. The molecule has 0 aromatic carbocycles. The Morgan fingerprint density at radius 1 is 1.05 bits per heavy atom. The summed E-state index contributed by atoms with van der Waals surface area (Å²) >= 11 is 0. The van der Waals surface area contributed by atoms with Crippen LogP contribution < -0.4 is 0 Å². The number of fused-ring (bicyclic) bond motifs is 5. The zero-order chi connectivity index (χ0) is 30.2. The fraction of sp³-hybridized carbons (Fsp3) is 0.875. The van der Waals surface area contributed by atoms with Gasteiger partial charge in [-0.2, -0.15) is 0 Å². The quantitative estimate of drug-likeness (QED) is 0.322. The average molecular weight is 593 g/mol. The molecule has 14 atom stereocenters. The van der Waals surface area contributed by atoms with Gasteiger partial charge in [-0.25, -0.2) is 4.79 Å². The van der Waals surface area contributed by atoms with Crippen LogP contribution in [0.3, 0.4) is 0 Å². The Labute approximate surface area is 248 Å². The minimum Gasteiger partial charge on any atom is -0.462 e. The van der Waals surface area contributed by atoms with E-state index in [4.69, 9.17) is 23.7 Å². The highest BCUT2D eigenvalue weighted by molar-refractivity contribution is 5.85.